The van der Waals surface area contributed by atoms with Crippen LogP contribution < -0.4 is 15.4 Å². The van der Waals surface area contributed by atoms with Crippen LogP contribution in [0.25, 0.3) is 0 Å². The smallest absolute Gasteiger partial charge is 0.221 e. The molecule has 1 amide bonds. The van der Waals surface area contributed by atoms with Crippen molar-refractivity contribution < 1.29 is 14.3 Å². The Kier molecular flexibility index (Phi) is 6.34. The average Bonchev–Trinajstić information content (AvgIpc) is 3.01. The molecule has 1 aliphatic heterocycles. The lowest BCUT2D eigenvalue weighted by Crippen LogP contribution is -2.32. The van der Waals surface area contributed by atoms with Gasteiger partial charge >= 0.3 is 0 Å². The predicted molar refractivity (Wildman–Crippen MR) is 82.7 cm³/mol. The first-order valence-corrected chi connectivity index (χ1v) is 7.63. The Hall–Kier alpha value is -1.75. The van der Waals surface area contributed by atoms with Crippen molar-refractivity contribution in [3.8, 4) is 5.75 Å². The third-order valence-electron chi connectivity index (χ3n) is 3.40. The lowest BCUT2D eigenvalue weighted by Gasteiger charge is -2.11. The second-order valence-electron chi connectivity index (χ2n) is 5.07. The second-order valence-corrected chi connectivity index (χ2v) is 5.07. The molecule has 1 aromatic carbocycles. The van der Waals surface area contributed by atoms with E-state index >= 15 is 0 Å². The molecule has 2 N–H and O–H groups in total. The van der Waals surface area contributed by atoms with Gasteiger partial charge in [0.25, 0.3) is 0 Å². The maximum absolute atomic E-state index is 11.7. The summed E-state index contributed by atoms with van der Waals surface area (Å²) in [6, 6.07) is 7.75. The summed E-state index contributed by atoms with van der Waals surface area (Å²) in [5, 5.41) is 6.14. The normalized spacial score (nSPS) is 17.5. The van der Waals surface area contributed by atoms with Crippen molar-refractivity contribution in [1.29, 1.82) is 0 Å². The maximum Gasteiger partial charge on any atom is 0.221 e. The molecule has 1 aromatic rings. The summed E-state index contributed by atoms with van der Waals surface area (Å²) >= 11 is 0. The molecule has 1 aliphatic rings. The number of anilines is 1. The Bertz CT molecular complexity index is 428. The van der Waals surface area contributed by atoms with Crippen molar-refractivity contribution in [2.75, 3.05) is 31.6 Å². The van der Waals surface area contributed by atoms with E-state index in [1.54, 1.807) is 0 Å². The van der Waals surface area contributed by atoms with Crippen LogP contribution in [0, 0.1) is 0 Å². The molecule has 0 spiro atoms. The van der Waals surface area contributed by atoms with E-state index in [9.17, 15) is 4.79 Å². The number of amides is 1. The highest BCUT2D eigenvalue weighted by atomic mass is 16.5. The molecule has 0 aliphatic carbocycles. The number of nitrogens with one attached hydrogen (secondary N) is 2. The van der Waals surface area contributed by atoms with Crippen LogP contribution in [-0.4, -0.2) is 38.3 Å². The zero-order chi connectivity index (χ0) is 14.9. The molecule has 1 heterocycles. The third kappa shape index (κ3) is 5.63. The fourth-order valence-corrected chi connectivity index (χ4v) is 2.28. The van der Waals surface area contributed by atoms with Crippen LogP contribution in [0.4, 0.5) is 5.69 Å². The first kappa shape index (κ1) is 15.6. The number of hydrogen-bond donors (Lipinski definition) is 2. The summed E-state index contributed by atoms with van der Waals surface area (Å²) in [5.41, 5.74) is 0.991. The summed E-state index contributed by atoms with van der Waals surface area (Å²) in [6.07, 6.45) is 2.80. The monoisotopic (exact) mass is 292 g/mol. The number of carbonyl (C=O) groups is 1. The SMILES string of the molecule is CCOc1ccc(NCCC(=O)NCC2CCCO2)cc1. The highest BCUT2D eigenvalue weighted by Gasteiger charge is 2.15. The zero-order valence-electron chi connectivity index (χ0n) is 12.6. The summed E-state index contributed by atoms with van der Waals surface area (Å²) in [5.74, 6) is 0.918. The van der Waals surface area contributed by atoms with Crippen LogP contribution in [0.1, 0.15) is 26.2 Å². The van der Waals surface area contributed by atoms with Crippen LogP contribution in [0.2, 0.25) is 0 Å². The van der Waals surface area contributed by atoms with Crippen molar-refractivity contribution in [1.82, 2.24) is 5.32 Å². The minimum atomic E-state index is 0.0592. The van der Waals surface area contributed by atoms with Crippen LogP contribution in [0.3, 0.4) is 0 Å². The van der Waals surface area contributed by atoms with Gasteiger partial charge in [0.1, 0.15) is 5.75 Å². The summed E-state index contributed by atoms with van der Waals surface area (Å²) < 4.78 is 10.8. The van der Waals surface area contributed by atoms with Gasteiger partial charge in [0, 0.05) is 31.8 Å². The Labute approximate surface area is 126 Å². The molecule has 1 atom stereocenters. The van der Waals surface area contributed by atoms with Gasteiger partial charge in [-0.15, -0.1) is 0 Å². The fourth-order valence-electron chi connectivity index (χ4n) is 2.28. The van der Waals surface area contributed by atoms with Gasteiger partial charge in [-0.3, -0.25) is 4.79 Å². The summed E-state index contributed by atoms with van der Waals surface area (Å²) in [4.78, 5) is 11.7. The van der Waals surface area contributed by atoms with Crippen molar-refractivity contribution in [3.63, 3.8) is 0 Å². The van der Waals surface area contributed by atoms with Gasteiger partial charge < -0.3 is 20.1 Å². The van der Waals surface area contributed by atoms with Gasteiger partial charge in [0.2, 0.25) is 5.91 Å². The molecule has 1 unspecified atom stereocenters. The summed E-state index contributed by atoms with van der Waals surface area (Å²) in [7, 11) is 0. The average molecular weight is 292 g/mol. The van der Waals surface area contributed by atoms with Crippen molar-refractivity contribution in [2.24, 2.45) is 0 Å². The van der Waals surface area contributed by atoms with Gasteiger partial charge in [-0.05, 0) is 44.0 Å². The number of benzene rings is 1. The van der Waals surface area contributed by atoms with E-state index in [4.69, 9.17) is 9.47 Å². The van der Waals surface area contributed by atoms with Gasteiger partial charge in [-0.1, -0.05) is 0 Å². The molecule has 5 nitrogen and oxygen atoms in total. The molecule has 5 heteroatoms. The highest BCUT2D eigenvalue weighted by Crippen LogP contribution is 2.15. The fraction of sp³-hybridized carbons (Fsp3) is 0.562. The van der Waals surface area contributed by atoms with E-state index in [0.29, 0.717) is 26.1 Å². The van der Waals surface area contributed by atoms with Gasteiger partial charge in [-0.25, -0.2) is 0 Å². The van der Waals surface area contributed by atoms with Gasteiger partial charge in [0.15, 0.2) is 0 Å². The van der Waals surface area contributed by atoms with Gasteiger partial charge in [0.05, 0.1) is 12.7 Å². The summed E-state index contributed by atoms with van der Waals surface area (Å²) in [6.45, 7) is 4.69. The minimum Gasteiger partial charge on any atom is -0.494 e. The molecule has 1 saturated heterocycles. The zero-order valence-corrected chi connectivity index (χ0v) is 12.6. The largest absolute Gasteiger partial charge is 0.494 e. The lowest BCUT2D eigenvalue weighted by atomic mass is 10.2. The van der Waals surface area contributed by atoms with E-state index < -0.39 is 0 Å². The second kappa shape index (κ2) is 8.52. The lowest BCUT2D eigenvalue weighted by molar-refractivity contribution is -0.121. The van der Waals surface area contributed by atoms with Crippen molar-refractivity contribution in [2.45, 2.75) is 32.3 Å². The molecule has 0 radical (unpaired) electrons. The van der Waals surface area contributed by atoms with Crippen LogP contribution >= 0.6 is 0 Å². The Morgan fingerprint density at radius 2 is 2.19 bits per heavy atom. The van der Waals surface area contributed by atoms with Crippen LogP contribution in [0.15, 0.2) is 24.3 Å². The first-order chi connectivity index (χ1) is 10.3. The quantitative estimate of drug-likeness (QED) is 0.771. The van der Waals surface area contributed by atoms with Gasteiger partial charge in [-0.2, -0.15) is 0 Å². The highest BCUT2D eigenvalue weighted by molar-refractivity contribution is 5.76. The molecule has 1 fully saturated rings. The predicted octanol–water partition coefficient (Wildman–Crippen LogP) is 2.18. The Morgan fingerprint density at radius 3 is 2.86 bits per heavy atom. The topological polar surface area (TPSA) is 59.6 Å². The van der Waals surface area contributed by atoms with Crippen molar-refractivity contribution >= 4 is 11.6 Å². The number of hydrogen-bond acceptors (Lipinski definition) is 4. The number of carbonyl (C=O) groups excluding carboxylic acids is 1. The van der Waals surface area contributed by atoms with Crippen molar-refractivity contribution in [3.05, 3.63) is 24.3 Å². The molecule has 2 rings (SSSR count). The van der Waals surface area contributed by atoms with E-state index in [1.807, 2.05) is 31.2 Å². The molecular weight excluding hydrogens is 268 g/mol. The van der Waals surface area contributed by atoms with Crippen LogP contribution in [-0.2, 0) is 9.53 Å². The van der Waals surface area contributed by atoms with Crippen LogP contribution in [0.5, 0.6) is 5.75 Å². The molecule has 0 aromatic heterocycles. The minimum absolute atomic E-state index is 0.0592. The molecule has 0 bridgehead atoms. The number of rotatable bonds is 8. The van der Waals surface area contributed by atoms with E-state index in [-0.39, 0.29) is 12.0 Å². The third-order valence-corrected chi connectivity index (χ3v) is 3.40. The molecule has 0 saturated carbocycles. The maximum atomic E-state index is 11.7. The molecule has 116 valence electrons. The first-order valence-electron chi connectivity index (χ1n) is 7.63. The van der Waals surface area contributed by atoms with E-state index in [0.717, 1.165) is 30.9 Å². The standard InChI is InChI=1S/C16H24N2O3/c1-2-20-14-7-5-13(6-8-14)17-10-9-16(19)18-12-15-4-3-11-21-15/h5-8,15,17H,2-4,9-12H2,1H3,(H,18,19). The van der Waals surface area contributed by atoms with E-state index in [2.05, 4.69) is 10.6 Å². The number of ether oxygens (including phenoxy) is 2. The Morgan fingerprint density at radius 1 is 1.38 bits per heavy atom. The molecular formula is C16H24N2O3. The van der Waals surface area contributed by atoms with E-state index in [1.165, 1.54) is 0 Å². The Balaban J connectivity index is 1.60. The molecule has 21 heavy (non-hydrogen) atoms.